The predicted molar refractivity (Wildman–Crippen MR) is 440 cm³/mol. The standard InChI is InChI=1S/C71H125INO12Si3.3C4H9.Sn/c1-25-50(11)40-52(13)61(75)46-65(83-86(23,24)70(18,19)20)54(15)41-53(14)60(74)45-64(55(16)42-57-35-37-62(66(43-57)80-22)84-88(47(5)6,48(7)8)49(9)10)81-69(78)59-33-29-30-39-73(59)68(77)67(76)71(85-87(26-2,27-3)28-4)56(17)34-36-58(82-71)44-63(79-21)51(12)32-31-38-72;3*1-3-4-2;/h1,25,31-32,38,41,47-50,52-53,55-59,62-66H,26-30,33-37,39-40,42-46H2,2-24H3;3*1,3-4H2,2H3;/b25-1?,38-31+,51-32+,54-41+;;;;/t50-,52-,53-,55-,56-,57+,58+,59+,62-,63+,64+,65+,66-,71+;;;;/m1..../s1. The van der Waals surface area contributed by atoms with Crippen molar-refractivity contribution in [3.05, 3.63) is 43.6 Å². The Morgan fingerprint density at radius 1 is 0.723 bits per heavy atom. The number of ketones is 3. The summed E-state index contributed by atoms with van der Waals surface area (Å²) in [7, 11) is -3.84. The molecule has 101 heavy (non-hydrogen) atoms. The summed E-state index contributed by atoms with van der Waals surface area (Å²) in [6.07, 6.45) is 21.3. The van der Waals surface area contributed by atoms with Gasteiger partial charge in [-0.2, -0.15) is 0 Å². The van der Waals surface area contributed by atoms with Gasteiger partial charge < -0.3 is 32.7 Å². The molecule has 3 fully saturated rings. The first-order valence-corrected chi connectivity index (χ1v) is 57.1. The first-order valence-electron chi connectivity index (χ1n) is 40.6. The molecule has 3 aliphatic rings. The van der Waals surface area contributed by atoms with E-state index in [-0.39, 0.29) is 78.0 Å². The summed E-state index contributed by atoms with van der Waals surface area (Å²) in [5.74, 6) is -4.97. The Labute approximate surface area is 640 Å². The van der Waals surface area contributed by atoms with Crippen LogP contribution in [0, 0.1) is 35.5 Å². The van der Waals surface area contributed by atoms with Crippen molar-refractivity contribution >= 4 is 95.1 Å². The quantitative estimate of drug-likeness (QED) is 0.0142. The van der Waals surface area contributed by atoms with Crippen LogP contribution in [0.15, 0.2) is 43.6 Å². The number of methoxy groups -OCH3 is 2. The zero-order valence-electron chi connectivity index (χ0n) is 69.3. The van der Waals surface area contributed by atoms with Gasteiger partial charge in [0.2, 0.25) is 14.1 Å². The molecule has 1 saturated carbocycles. The monoisotopic (exact) mass is 1690 g/mol. The zero-order valence-corrected chi connectivity index (χ0v) is 77.3. The van der Waals surface area contributed by atoms with Gasteiger partial charge in [-0.25, -0.2) is 4.79 Å². The van der Waals surface area contributed by atoms with Crippen molar-refractivity contribution in [1.29, 1.82) is 0 Å². The number of piperidine rings is 1. The molecule has 18 heteroatoms. The molecule has 13 nitrogen and oxygen atoms in total. The number of Topliss-reactive ketones (excluding diaryl/α,β-unsaturated/α-hetero) is 3. The second-order valence-corrected chi connectivity index (χ2v) is 63.0. The molecule has 2 saturated heterocycles. The Hall–Kier alpha value is -1.15. The van der Waals surface area contributed by atoms with E-state index in [9.17, 15) is 4.79 Å². The van der Waals surface area contributed by atoms with Gasteiger partial charge in [-0.05, 0) is 121 Å². The maximum atomic E-state index is 15.7. The number of carbonyl (C=O) groups excluding carboxylic acids is 5. The van der Waals surface area contributed by atoms with Crippen LogP contribution in [-0.4, -0.2) is 147 Å². The van der Waals surface area contributed by atoms with Gasteiger partial charge >= 0.3 is 251 Å². The van der Waals surface area contributed by atoms with Crippen molar-refractivity contribution in [1.82, 2.24) is 4.90 Å². The van der Waals surface area contributed by atoms with Crippen molar-refractivity contribution in [3.63, 3.8) is 0 Å². The third-order valence-corrected chi connectivity index (χ3v) is 54.7. The van der Waals surface area contributed by atoms with Crippen molar-refractivity contribution in [2.45, 2.75) is 389 Å². The van der Waals surface area contributed by atoms with Gasteiger partial charge in [-0.1, -0.05) is 111 Å². The van der Waals surface area contributed by atoms with Gasteiger partial charge in [0.05, 0.1) is 24.4 Å². The van der Waals surface area contributed by atoms with Crippen molar-refractivity contribution in [2.75, 3.05) is 20.8 Å². The van der Waals surface area contributed by atoms with Gasteiger partial charge in [0, 0.05) is 39.5 Å². The molecule has 0 N–H and O–H groups in total. The van der Waals surface area contributed by atoms with E-state index in [1.807, 2.05) is 50.0 Å². The number of likely N-dealkylation sites (tertiary alicyclic amines) is 1. The summed E-state index contributed by atoms with van der Waals surface area (Å²) >= 11 is -0.331. The number of nitrogens with zero attached hydrogens (tertiary/aromatic N) is 1. The molecule has 3 rings (SSSR count). The molecule has 2 aliphatic heterocycles. The number of hydrogen-bond donors (Lipinski definition) is 0. The van der Waals surface area contributed by atoms with Gasteiger partial charge in [0.1, 0.15) is 12.1 Å². The molecule has 584 valence electrons. The summed E-state index contributed by atoms with van der Waals surface area (Å²) in [5, 5.41) is -0.131. The molecular weight excluding hydrogens is 1530 g/mol. The fourth-order valence-corrected chi connectivity index (χ4v) is 41.7. The van der Waals surface area contributed by atoms with Crippen LogP contribution in [-0.2, 0) is 56.2 Å². The Balaban J connectivity index is 2.14. The SMILES string of the molecule is CCC[CH2][Sn](/[CH]=C/[C@@H](C)C[C@@H](C)C(=O)C[C@H](O[Si](C)(C)C(C)(C)C)/C(C)=C/[C@@H](C)C(=O)C[C@H](OC(=O)[C@@H]1CCCCN1C(=O)C(=O)[C@]1(O[Si](CC)(CC)CC)O[C@H](C[C@H](OC)/C(C)=C/C=C/I)CC[C@H]1C)[C@H](C)C[C@@H]1CC[C@@H](O[Si](C(C)C)(C(C)C)C(C)C)[C@H](OC)C1)([CH2]CCC)[CH2]CCC. The first-order chi connectivity index (χ1) is 47.4. The first kappa shape index (κ1) is 94.1. The molecule has 0 spiro atoms. The molecule has 14 atom stereocenters. The maximum absolute atomic E-state index is 15.7. The summed E-state index contributed by atoms with van der Waals surface area (Å²) in [4.78, 5) is 78.1. The second kappa shape index (κ2) is 44.5. The molecule has 0 aromatic rings. The van der Waals surface area contributed by atoms with Crippen molar-refractivity contribution in [3.8, 4) is 0 Å². The number of amides is 1. The average Bonchev–Trinajstić information content (AvgIpc) is 0.754. The van der Waals surface area contributed by atoms with E-state index >= 15 is 19.2 Å². The van der Waals surface area contributed by atoms with Crippen molar-refractivity contribution < 1.29 is 56.2 Å². The molecule has 0 aromatic carbocycles. The van der Waals surface area contributed by atoms with E-state index < -0.39 is 103 Å². The Morgan fingerprint density at radius 3 is 1.82 bits per heavy atom. The predicted octanol–water partition coefficient (Wildman–Crippen LogP) is 22.6. The third-order valence-electron chi connectivity index (χ3n) is 25.0. The summed E-state index contributed by atoms with van der Waals surface area (Å²) in [5.41, 5.74) is 3.15. The molecule has 2 heterocycles. The van der Waals surface area contributed by atoms with Crippen molar-refractivity contribution in [2.24, 2.45) is 35.5 Å². The Morgan fingerprint density at radius 2 is 1.31 bits per heavy atom. The molecule has 0 aromatic heterocycles. The number of hydrogen-bond acceptors (Lipinski definition) is 12. The van der Waals surface area contributed by atoms with Gasteiger partial charge in [-0.3, -0.25) is 14.4 Å². The zero-order chi connectivity index (χ0) is 76.4. The minimum absolute atomic E-state index is 0.0326. The van der Waals surface area contributed by atoms with Crippen LogP contribution in [0.25, 0.3) is 0 Å². The topological polar surface area (TPSA) is 153 Å². The van der Waals surface area contributed by atoms with Gasteiger partial charge in [0.25, 0.3) is 11.7 Å². The summed E-state index contributed by atoms with van der Waals surface area (Å²) < 4.78 is 57.2. The van der Waals surface area contributed by atoms with Gasteiger partial charge in [0.15, 0.2) is 8.32 Å². The number of esters is 1. The number of carbonyl (C=O) groups is 5. The molecule has 0 bridgehead atoms. The Kier molecular flexibility index (Phi) is 41.4. The third kappa shape index (κ3) is 26.8. The van der Waals surface area contributed by atoms with E-state index in [1.54, 1.807) is 14.2 Å². The number of halogens is 1. The molecule has 1 amide bonds. The fraction of sp³-hybridized carbons (Fsp3) is 0.843. The molecular formula is C83H152INO12Si3Sn. The number of rotatable bonds is 46. The molecule has 0 radical (unpaired) electrons. The van der Waals surface area contributed by atoms with Crippen LogP contribution in [0.5, 0.6) is 0 Å². The van der Waals surface area contributed by atoms with Crippen LogP contribution < -0.4 is 0 Å². The van der Waals surface area contributed by atoms with Crippen LogP contribution in [0.4, 0.5) is 0 Å². The van der Waals surface area contributed by atoms with Crippen LogP contribution in [0.3, 0.4) is 0 Å². The average molecular weight is 1690 g/mol. The summed E-state index contributed by atoms with van der Waals surface area (Å²) in [6, 6.07) is 1.14. The second-order valence-electron chi connectivity index (χ2n) is 34.4. The number of unbranched alkanes of at least 4 members (excludes halogenated alkanes) is 3. The van der Waals surface area contributed by atoms with Crippen LogP contribution in [0.1, 0.15) is 274 Å². The van der Waals surface area contributed by atoms with E-state index in [4.69, 9.17) is 32.2 Å². The fourth-order valence-electron chi connectivity index (χ4n) is 16.9. The number of allylic oxidation sites excluding steroid dienone is 4. The Bertz CT molecular complexity index is 2600. The van der Waals surface area contributed by atoms with Crippen LogP contribution >= 0.6 is 22.6 Å². The summed E-state index contributed by atoms with van der Waals surface area (Å²) in [6.45, 7) is 52.9. The van der Waals surface area contributed by atoms with E-state index in [0.29, 0.717) is 61.6 Å². The van der Waals surface area contributed by atoms with Crippen LogP contribution in [0.2, 0.25) is 66.2 Å². The van der Waals surface area contributed by atoms with Gasteiger partial charge in [-0.15, -0.1) is 0 Å². The van der Waals surface area contributed by atoms with E-state index in [2.05, 4.69) is 170 Å². The minimum atomic E-state index is -2.65. The normalized spacial score (nSPS) is 24.1. The number of ether oxygens (including phenoxy) is 4. The molecule has 1 aliphatic carbocycles. The van der Waals surface area contributed by atoms with E-state index in [1.165, 1.54) is 56.7 Å². The van der Waals surface area contributed by atoms with E-state index in [0.717, 1.165) is 55.0 Å². The molecule has 0 unspecified atom stereocenters.